The molecule has 22 heavy (non-hydrogen) atoms. The number of carboxylic acids is 1. The zero-order valence-corrected chi connectivity index (χ0v) is 13.2. The molecule has 0 aliphatic carbocycles. The van der Waals surface area contributed by atoms with Crippen molar-refractivity contribution in [1.29, 1.82) is 0 Å². The minimum Gasteiger partial charge on any atom is -0.481 e. The number of rotatable bonds is 9. The highest BCUT2D eigenvalue weighted by Crippen LogP contribution is 2.24. The highest BCUT2D eigenvalue weighted by Gasteiger charge is 2.19. The molecule has 1 unspecified atom stereocenters. The monoisotopic (exact) mass is 335 g/mol. The van der Waals surface area contributed by atoms with Gasteiger partial charge in [0.1, 0.15) is 5.75 Å². The summed E-state index contributed by atoms with van der Waals surface area (Å²) in [5.41, 5.74) is 0.460. The summed E-state index contributed by atoms with van der Waals surface area (Å²) in [7, 11) is 0. The van der Waals surface area contributed by atoms with Crippen LogP contribution in [0.15, 0.2) is 18.2 Å². The Hall–Kier alpha value is -1.40. The lowest BCUT2D eigenvalue weighted by molar-refractivity contribution is -0.142. The smallest absolute Gasteiger partial charge is 0.387 e. The van der Waals surface area contributed by atoms with Crippen molar-refractivity contribution in [2.45, 2.75) is 33.4 Å². The highest BCUT2D eigenvalue weighted by molar-refractivity contribution is 6.30. The van der Waals surface area contributed by atoms with E-state index in [1.54, 1.807) is 0 Å². The van der Waals surface area contributed by atoms with Crippen molar-refractivity contribution >= 4 is 17.6 Å². The number of halogens is 3. The van der Waals surface area contributed by atoms with E-state index in [9.17, 15) is 13.6 Å². The van der Waals surface area contributed by atoms with Gasteiger partial charge in [0, 0.05) is 23.7 Å². The number of nitrogens with one attached hydrogen (secondary N) is 1. The number of alkyl halides is 2. The van der Waals surface area contributed by atoms with Gasteiger partial charge >= 0.3 is 12.6 Å². The number of ether oxygens (including phenoxy) is 1. The Morgan fingerprint density at radius 1 is 1.41 bits per heavy atom. The maximum absolute atomic E-state index is 12.3. The Morgan fingerprint density at radius 2 is 2.09 bits per heavy atom. The predicted octanol–water partition coefficient (Wildman–Crippen LogP) is 3.78. The number of carbonyl (C=O) groups is 1. The maximum Gasteiger partial charge on any atom is 0.387 e. The van der Waals surface area contributed by atoms with Crippen molar-refractivity contribution in [3.8, 4) is 5.75 Å². The molecule has 0 bridgehead atoms. The SMILES string of the molecule is CC(C)CC(CNCc1cc(Cl)ccc1OC(F)F)C(=O)O. The molecule has 0 fully saturated rings. The van der Waals surface area contributed by atoms with E-state index in [1.165, 1.54) is 18.2 Å². The Bertz CT molecular complexity index is 498. The minimum atomic E-state index is -2.92. The molecule has 0 aliphatic heterocycles. The average molecular weight is 336 g/mol. The second kappa shape index (κ2) is 8.90. The second-order valence-corrected chi connectivity index (χ2v) is 5.86. The average Bonchev–Trinajstić information content (AvgIpc) is 2.39. The van der Waals surface area contributed by atoms with Gasteiger partial charge in [-0.05, 0) is 30.5 Å². The van der Waals surface area contributed by atoms with Crippen LogP contribution >= 0.6 is 11.6 Å². The fourth-order valence-electron chi connectivity index (χ4n) is 2.12. The molecule has 0 aliphatic rings. The molecule has 4 nitrogen and oxygen atoms in total. The summed E-state index contributed by atoms with van der Waals surface area (Å²) in [5, 5.41) is 12.5. The zero-order chi connectivity index (χ0) is 16.7. The number of hydrogen-bond donors (Lipinski definition) is 2. The summed E-state index contributed by atoms with van der Waals surface area (Å²) in [6.07, 6.45) is 0.540. The molecule has 1 rings (SSSR count). The van der Waals surface area contributed by atoms with Crippen LogP contribution in [0.2, 0.25) is 5.02 Å². The molecule has 0 radical (unpaired) electrons. The maximum atomic E-state index is 12.3. The van der Waals surface area contributed by atoms with E-state index in [4.69, 9.17) is 16.7 Å². The summed E-state index contributed by atoms with van der Waals surface area (Å²) in [4.78, 5) is 11.2. The van der Waals surface area contributed by atoms with Gasteiger partial charge in [-0.1, -0.05) is 25.4 Å². The van der Waals surface area contributed by atoms with Gasteiger partial charge in [0.25, 0.3) is 0 Å². The van der Waals surface area contributed by atoms with Crippen LogP contribution in [0.4, 0.5) is 8.78 Å². The van der Waals surface area contributed by atoms with Crippen molar-refractivity contribution in [3.05, 3.63) is 28.8 Å². The van der Waals surface area contributed by atoms with E-state index < -0.39 is 18.5 Å². The molecule has 0 saturated heterocycles. The normalized spacial score (nSPS) is 12.7. The first kappa shape index (κ1) is 18.6. The highest BCUT2D eigenvalue weighted by atomic mass is 35.5. The lowest BCUT2D eigenvalue weighted by Crippen LogP contribution is -2.29. The van der Waals surface area contributed by atoms with Gasteiger partial charge in [0.05, 0.1) is 5.92 Å². The van der Waals surface area contributed by atoms with Gasteiger partial charge in [-0.15, -0.1) is 0 Å². The Kier molecular flexibility index (Phi) is 7.55. The molecule has 0 aromatic heterocycles. The van der Waals surface area contributed by atoms with E-state index in [1.807, 2.05) is 13.8 Å². The standard InChI is InChI=1S/C15H20ClF2NO3/c1-9(2)5-11(14(20)21)8-19-7-10-6-12(16)3-4-13(10)22-15(17)18/h3-4,6,9,11,15,19H,5,7-8H2,1-2H3,(H,20,21). The molecule has 2 N–H and O–H groups in total. The summed E-state index contributed by atoms with van der Waals surface area (Å²) in [5.74, 6) is -1.12. The third kappa shape index (κ3) is 6.58. The van der Waals surface area contributed by atoms with Gasteiger partial charge in [-0.25, -0.2) is 0 Å². The molecule has 0 amide bonds. The van der Waals surface area contributed by atoms with Gasteiger partial charge in [0.2, 0.25) is 0 Å². The molecule has 1 aromatic rings. The number of aliphatic carboxylic acids is 1. The van der Waals surface area contributed by atoms with Gasteiger partial charge in [-0.3, -0.25) is 4.79 Å². The molecule has 0 spiro atoms. The van der Waals surface area contributed by atoms with Crippen LogP contribution in [0.25, 0.3) is 0 Å². The van der Waals surface area contributed by atoms with Crippen LogP contribution < -0.4 is 10.1 Å². The number of hydrogen-bond acceptors (Lipinski definition) is 3. The van der Waals surface area contributed by atoms with E-state index in [-0.39, 0.29) is 24.8 Å². The molecule has 124 valence electrons. The van der Waals surface area contributed by atoms with Crippen molar-refractivity contribution in [2.24, 2.45) is 11.8 Å². The van der Waals surface area contributed by atoms with Gasteiger partial charge in [-0.2, -0.15) is 8.78 Å². The zero-order valence-electron chi connectivity index (χ0n) is 12.5. The fourth-order valence-corrected chi connectivity index (χ4v) is 2.31. The van der Waals surface area contributed by atoms with E-state index in [0.29, 0.717) is 17.0 Å². The first-order valence-corrected chi connectivity index (χ1v) is 7.34. The topological polar surface area (TPSA) is 58.6 Å². The van der Waals surface area contributed by atoms with Crippen LogP contribution in [0.1, 0.15) is 25.8 Å². The van der Waals surface area contributed by atoms with Crippen LogP contribution in [0.5, 0.6) is 5.75 Å². The molecule has 0 saturated carbocycles. The van der Waals surface area contributed by atoms with Crippen molar-refractivity contribution in [3.63, 3.8) is 0 Å². The summed E-state index contributed by atoms with van der Waals surface area (Å²) < 4.78 is 29.1. The molecule has 1 atom stereocenters. The van der Waals surface area contributed by atoms with Crippen LogP contribution in [-0.2, 0) is 11.3 Å². The lowest BCUT2D eigenvalue weighted by Gasteiger charge is -2.16. The second-order valence-electron chi connectivity index (χ2n) is 5.43. The minimum absolute atomic E-state index is 0.0302. The summed E-state index contributed by atoms with van der Waals surface area (Å²) in [6.45, 7) is 1.41. The molecular weight excluding hydrogens is 316 g/mol. The molecule has 0 heterocycles. The van der Waals surface area contributed by atoms with Gasteiger partial charge < -0.3 is 15.2 Å². The fraction of sp³-hybridized carbons (Fsp3) is 0.533. The van der Waals surface area contributed by atoms with Crippen molar-refractivity contribution < 1.29 is 23.4 Å². The van der Waals surface area contributed by atoms with Crippen LogP contribution in [0.3, 0.4) is 0 Å². The summed E-state index contributed by atoms with van der Waals surface area (Å²) >= 11 is 5.85. The van der Waals surface area contributed by atoms with E-state index in [0.717, 1.165) is 0 Å². The Balaban J connectivity index is 2.66. The molecule has 7 heteroatoms. The van der Waals surface area contributed by atoms with E-state index in [2.05, 4.69) is 10.1 Å². The molecule has 1 aromatic carbocycles. The third-order valence-corrected chi connectivity index (χ3v) is 3.29. The van der Waals surface area contributed by atoms with Crippen LogP contribution in [0, 0.1) is 11.8 Å². The quantitative estimate of drug-likeness (QED) is 0.721. The largest absolute Gasteiger partial charge is 0.481 e. The first-order chi connectivity index (χ1) is 10.3. The van der Waals surface area contributed by atoms with Crippen molar-refractivity contribution in [1.82, 2.24) is 5.32 Å². The number of benzene rings is 1. The predicted molar refractivity (Wildman–Crippen MR) is 80.4 cm³/mol. The summed E-state index contributed by atoms with van der Waals surface area (Å²) in [6, 6.07) is 4.35. The Labute approximate surface area is 133 Å². The lowest BCUT2D eigenvalue weighted by atomic mass is 9.97. The Morgan fingerprint density at radius 3 is 2.64 bits per heavy atom. The van der Waals surface area contributed by atoms with E-state index >= 15 is 0 Å². The van der Waals surface area contributed by atoms with Crippen LogP contribution in [-0.4, -0.2) is 24.2 Å². The molecular formula is C15H20ClF2NO3. The van der Waals surface area contributed by atoms with Gasteiger partial charge in [0.15, 0.2) is 0 Å². The first-order valence-electron chi connectivity index (χ1n) is 6.96. The number of carboxylic acid groups (broad SMARTS) is 1. The third-order valence-electron chi connectivity index (χ3n) is 3.05. The van der Waals surface area contributed by atoms with Crippen molar-refractivity contribution in [2.75, 3.05) is 6.54 Å².